The predicted molar refractivity (Wildman–Crippen MR) is 93.2 cm³/mol. The molecular formula is C17H22ClN3O4. The number of hydrogen-bond acceptors (Lipinski definition) is 3. The highest BCUT2D eigenvalue weighted by atomic mass is 35.5. The number of benzene rings is 1. The molecule has 1 saturated heterocycles. The van der Waals surface area contributed by atoms with Crippen molar-refractivity contribution in [2.45, 2.75) is 32.4 Å². The molecule has 1 aliphatic rings. The molecule has 0 aliphatic carbocycles. The standard InChI is InChI=1S/C17H22ClN3O4/c1-11-6-7-21(14(8-11)16(23)24)15(22)10-20-17(25)19-9-12-2-4-13(18)5-3-12/h2-5,11,14H,6-10H2,1H3,(H,23,24)(H2,19,20,25). The highest BCUT2D eigenvalue weighted by Gasteiger charge is 2.34. The summed E-state index contributed by atoms with van der Waals surface area (Å²) in [6, 6.07) is 5.73. The van der Waals surface area contributed by atoms with E-state index in [4.69, 9.17) is 11.6 Å². The third-order valence-corrected chi connectivity index (χ3v) is 4.49. The second-order valence-corrected chi connectivity index (χ2v) is 6.67. The van der Waals surface area contributed by atoms with Crippen LogP contribution < -0.4 is 10.6 Å². The summed E-state index contributed by atoms with van der Waals surface area (Å²) in [6.45, 7) is 2.44. The molecule has 0 spiro atoms. The van der Waals surface area contributed by atoms with Crippen LogP contribution in [0.25, 0.3) is 0 Å². The van der Waals surface area contributed by atoms with E-state index in [1.807, 2.05) is 6.92 Å². The Balaban J connectivity index is 1.79. The number of likely N-dealkylation sites (tertiary alicyclic amines) is 1. The largest absolute Gasteiger partial charge is 0.480 e. The Morgan fingerprint density at radius 1 is 1.24 bits per heavy atom. The first kappa shape index (κ1) is 19.1. The van der Waals surface area contributed by atoms with Crippen LogP contribution >= 0.6 is 11.6 Å². The van der Waals surface area contributed by atoms with Crippen LogP contribution in [0, 0.1) is 5.92 Å². The topological polar surface area (TPSA) is 98.7 Å². The molecule has 1 aromatic rings. The monoisotopic (exact) mass is 367 g/mol. The Morgan fingerprint density at radius 3 is 2.56 bits per heavy atom. The number of aliphatic carboxylic acids is 1. The number of rotatable bonds is 5. The lowest BCUT2D eigenvalue weighted by Gasteiger charge is -2.36. The molecule has 1 aliphatic heterocycles. The summed E-state index contributed by atoms with van der Waals surface area (Å²) in [4.78, 5) is 36.7. The maximum Gasteiger partial charge on any atom is 0.326 e. The van der Waals surface area contributed by atoms with E-state index in [1.165, 1.54) is 4.90 Å². The van der Waals surface area contributed by atoms with E-state index >= 15 is 0 Å². The number of carboxylic acid groups (broad SMARTS) is 1. The molecule has 2 rings (SSSR count). The van der Waals surface area contributed by atoms with E-state index in [2.05, 4.69) is 10.6 Å². The van der Waals surface area contributed by atoms with Crippen molar-refractivity contribution in [1.29, 1.82) is 0 Å². The van der Waals surface area contributed by atoms with Crippen molar-refractivity contribution in [3.8, 4) is 0 Å². The van der Waals surface area contributed by atoms with Crippen molar-refractivity contribution in [3.63, 3.8) is 0 Å². The Morgan fingerprint density at radius 2 is 1.92 bits per heavy atom. The molecule has 2 atom stereocenters. The van der Waals surface area contributed by atoms with Crippen LogP contribution in [0.4, 0.5) is 4.79 Å². The Kier molecular flexibility index (Phi) is 6.64. The number of nitrogens with zero attached hydrogens (tertiary/aromatic N) is 1. The van der Waals surface area contributed by atoms with Crippen molar-refractivity contribution in [2.75, 3.05) is 13.1 Å². The van der Waals surface area contributed by atoms with Gasteiger partial charge in [-0.3, -0.25) is 4.79 Å². The van der Waals surface area contributed by atoms with Crippen molar-refractivity contribution in [3.05, 3.63) is 34.9 Å². The normalized spacial score (nSPS) is 20.0. The van der Waals surface area contributed by atoms with Gasteiger partial charge in [0, 0.05) is 18.1 Å². The van der Waals surface area contributed by atoms with Crippen LogP contribution in [0.1, 0.15) is 25.3 Å². The van der Waals surface area contributed by atoms with Crippen LogP contribution in [-0.4, -0.2) is 47.0 Å². The van der Waals surface area contributed by atoms with Gasteiger partial charge in [0.15, 0.2) is 0 Å². The smallest absolute Gasteiger partial charge is 0.326 e. The number of carboxylic acids is 1. The fourth-order valence-corrected chi connectivity index (χ4v) is 2.90. The van der Waals surface area contributed by atoms with E-state index in [0.717, 1.165) is 12.0 Å². The minimum Gasteiger partial charge on any atom is -0.480 e. The molecule has 8 heteroatoms. The van der Waals surface area contributed by atoms with Gasteiger partial charge >= 0.3 is 12.0 Å². The van der Waals surface area contributed by atoms with Gasteiger partial charge in [-0.1, -0.05) is 30.7 Å². The zero-order valence-electron chi connectivity index (χ0n) is 14.0. The molecule has 136 valence electrons. The number of piperidine rings is 1. The third kappa shape index (κ3) is 5.63. The second kappa shape index (κ2) is 8.71. The first-order valence-corrected chi connectivity index (χ1v) is 8.53. The second-order valence-electron chi connectivity index (χ2n) is 6.23. The molecule has 0 bridgehead atoms. The maximum absolute atomic E-state index is 12.2. The fraction of sp³-hybridized carbons (Fsp3) is 0.471. The van der Waals surface area contributed by atoms with Gasteiger partial charge < -0.3 is 20.6 Å². The van der Waals surface area contributed by atoms with Crippen LogP contribution in [0.5, 0.6) is 0 Å². The molecule has 1 aromatic carbocycles. The first-order chi connectivity index (χ1) is 11.9. The van der Waals surface area contributed by atoms with E-state index < -0.39 is 18.0 Å². The molecule has 3 amide bonds. The molecule has 1 heterocycles. The maximum atomic E-state index is 12.2. The zero-order valence-corrected chi connectivity index (χ0v) is 14.8. The van der Waals surface area contributed by atoms with Crippen molar-refractivity contribution in [2.24, 2.45) is 5.92 Å². The summed E-state index contributed by atoms with van der Waals surface area (Å²) in [5, 5.41) is 15.0. The van der Waals surface area contributed by atoms with E-state index in [1.54, 1.807) is 24.3 Å². The van der Waals surface area contributed by atoms with Gasteiger partial charge in [-0.2, -0.15) is 0 Å². The van der Waals surface area contributed by atoms with Gasteiger partial charge in [0.05, 0.1) is 6.54 Å². The minimum atomic E-state index is -1.01. The van der Waals surface area contributed by atoms with Gasteiger partial charge in [0.25, 0.3) is 0 Å². The minimum absolute atomic E-state index is 0.232. The van der Waals surface area contributed by atoms with Crippen LogP contribution in [0.2, 0.25) is 5.02 Å². The molecule has 1 fully saturated rings. The van der Waals surface area contributed by atoms with Gasteiger partial charge in [-0.15, -0.1) is 0 Å². The lowest BCUT2D eigenvalue weighted by atomic mass is 9.92. The SMILES string of the molecule is CC1CCN(C(=O)CNC(=O)NCc2ccc(Cl)cc2)C(C(=O)O)C1. The Bertz CT molecular complexity index is 635. The average molecular weight is 368 g/mol. The number of amides is 3. The molecule has 3 N–H and O–H groups in total. The fourth-order valence-electron chi connectivity index (χ4n) is 2.78. The van der Waals surface area contributed by atoms with Crippen LogP contribution in [-0.2, 0) is 16.1 Å². The number of nitrogens with one attached hydrogen (secondary N) is 2. The molecule has 0 saturated carbocycles. The predicted octanol–water partition coefficient (Wildman–Crippen LogP) is 1.85. The number of carbonyl (C=O) groups excluding carboxylic acids is 2. The molecule has 2 unspecified atom stereocenters. The highest BCUT2D eigenvalue weighted by Crippen LogP contribution is 2.22. The van der Waals surface area contributed by atoms with Gasteiger partial charge in [0.1, 0.15) is 6.04 Å². The molecule has 7 nitrogen and oxygen atoms in total. The summed E-state index contributed by atoms with van der Waals surface area (Å²) < 4.78 is 0. The van der Waals surface area contributed by atoms with E-state index in [0.29, 0.717) is 24.5 Å². The van der Waals surface area contributed by atoms with Gasteiger partial charge in [-0.25, -0.2) is 9.59 Å². The van der Waals surface area contributed by atoms with Crippen LogP contribution in [0.15, 0.2) is 24.3 Å². The van der Waals surface area contributed by atoms with E-state index in [9.17, 15) is 19.5 Å². The van der Waals surface area contributed by atoms with Gasteiger partial charge in [0.2, 0.25) is 5.91 Å². The third-order valence-electron chi connectivity index (χ3n) is 4.24. The lowest BCUT2D eigenvalue weighted by Crippen LogP contribution is -2.53. The quantitative estimate of drug-likeness (QED) is 0.739. The van der Waals surface area contributed by atoms with Crippen molar-refractivity contribution < 1.29 is 19.5 Å². The van der Waals surface area contributed by atoms with Crippen molar-refractivity contribution in [1.82, 2.24) is 15.5 Å². The summed E-state index contributed by atoms with van der Waals surface area (Å²) in [5.74, 6) is -1.13. The zero-order chi connectivity index (χ0) is 18.4. The first-order valence-electron chi connectivity index (χ1n) is 8.15. The summed E-state index contributed by atoms with van der Waals surface area (Å²) >= 11 is 5.79. The Hall–Kier alpha value is -2.28. The lowest BCUT2D eigenvalue weighted by molar-refractivity contribution is -0.152. The van der Waals surface area contributed by atoms with Crippen molar-refractivity contribution >= 4 is 29.5 Å². The molecule has 0 aromatic heterocycles. The van der Waals surface area contributed by atoms with E-state index in [-0.39, 0.29) is 18.4 Å². The molecular weight excluding hydrogens is 346 g/mol. The number of urea groups is 1. The molecule has 25 heavy (non-hydrogen) atoms. The van der Waals surface area contributed by atoms with Crippen LogP contribution in [0.3, 0.4) is 0 Å². The van der Waals surface area contributed by atoms with Gasteiger partial charge in [-0.05, 0) is 36.5 Å². The Labute approximate surface area is 151 Å². The average Bonchev–Trinajstić information content (AvgIpc) is 2.59. The highest BCUT2D eigenvalue weighted by molar-refractivity contribution is 6.30. The number of hydrogen-bond donors (Lipinski definition) is 3. The number of halogens is 1. The summed E-state index contributed by atoms with van der Waals surface area (Å²) in [7, 11) is 0. The summed E-state index contributed by atoms with van der Waals surface area (Å²) in [6.07, 6.45) is 1.20. The molecule has 0 radical (unpaired) electrons. The number of carbonyl (C=O) groups is 3. The summed E-state index contributed by atoms with van der Waals surface area (Å²) in [5.41, 5.74) is 0.877.